The van der Waals surface area contributed by atoms with E-state index in [-0.39, 0.29) is 23.0 Å². The maximum absolute atomic E-state index is 12.1. The Bertz CT molecular complexity index is 654. The summed E-state index contributed by atoms with van der Waals surface area (Å²) in [6.07, 6.45) is 3.23. The summed E-state index contributed by atoms with van der Waals surface area (Å²) in [6.45, 7) is 1.76. The van der Waals surface area contributed by atoms with E-state index in [0.29, 0.717) is 5.82 Å². The van der Waals surface area contributed by atoms with Gasteiger partial charge in [-0.2, -0.15) is 0 Å². The van der Waals surface area contributed by atoms with Gasteiger partial charge in [-0.05, 0) is 19.1 Å². The second-order valence-corrected chi connectivity index (χ2v) is 4.31. The number of amides is 1. The van der Waals surface area contributed by atoms with Gasteiger partial charge in [-0.15, -0.1) is 0 Å². The van der Waals surface area contributed by atoms with Crippen molar-refractivity contribution in [2.75, 3.05) is 7.11 Å². The molecule has 2 rings (SSSR count). The van der Waals surface area contributed by atoms with Gasteiger partial charge in [0.1, 0.15) is 5.82 Å². The summed E-state index contributed by atoms with van der Waals surface area (Å²) in [5.74, 6) is 0.284. The quantitative estimate of drug-likeness (QED) is 0.644. The Kier molecular flexibility index (Phi) is 4.17. The van der Waals surface area contributed by atoms with Crippen LogP contribution in [-0.2, 0) is 0 Å². The lowest BCUT2D eigenvalue weighted by atomic mass is 10.1. The fraction of sp³-hybridized carbons (Fsp3) is 0.231. The molecule has 0 bridgehead atoms. The summed E-state index contributed by atoms with van der Waals surface area (Å²) >= 11 is 0. The molecule has 1 unspecified atom stereocenters. The molecule has 1 aromatic carbocycles. The van der Waals surface area contributed by atoms with E-state index in [1.807, 2.05) is 0 Å². The highest BCUT2D eigenvalue weighted by molar-refractivity contribution is 5.95. The van der Waals surface area contributed by atoms with Crippen LogP contribution in [0.3, 0.4) is 0 Å². The normalized spacial score (nSPS) is 11.7. The molecular formula is C13H14N4O4. The van der Waals surface area contributed by atoms with E-state index >= 15 is 0 Å². The SMILES string of the molecule is COc1ccc(C(=O)NC(C)c2ncc[nH]2)cc1[N+](=O)[O-]. The Morgan fingerprint density at radius 1 is 1.52 bits per heavy atom. The van der Waals surface area contributed by atoms with Crippen LogP contribution < -0.4 is 10.1 Å². The van der Waals surface area contributed by atoms with Crippen LogP contribution in [-0.4, -0.2) is 27.9 Å². The van der Waals surface area contributed by atoms with Gasteiger partial charge < -0.3 is 15.0 Å². The molecular weight excluding hydrogens is 276 g/mol. The van der Waals surface area contributed by atoms with Crippen molar-refractivity contribution in [2.24, 2.45) is 0 Å². The van der Waals surface area contributed by atoms with Crippen LogP contribution in [0, 0.1) is 10.1 Å². The average Bonchev–Trinajstić information content (AvgIpc) is 3.00. The van der Waals surface area contributed by atoms with Crippen molar-refractivity contribution in [1.29, 1.82) is 0 Å². The third-order valence-corrected chi connectivity index (χ3v) is 2.91. The third-order valence-electron chi connectivity index (χ3n) is 2.91. The van der Waals surface area contributed by atoms with Gasteiger partial charge in [0.25, 0.3) is 5.91 Å². The van der Waals surface area contributed by atoms with E-state index in [0.717, 1.165) is 0 Å². The molecule has 8 nitrogen and oxygen atoms in total. The van der Waals surface area contributed by atoms with Gasteiger partial charge in [0.2, 0.25) is 0 Å². The minimum Gasteiger partial charge on any atom is -0.490 e. The first-order valence-electron chi connectivity index (χ1n) is 6.15. The number of carbonyl (C=O) groups excluding carboxylic acids is 1. The minimum atomic E-state index is -0.592. The maximum Gasteiger partial charge on any atom is 0.311 e. The van der Waals surface area contributed by atoms with Gasteiger partial charge in [0, 0.05) is 24.0 Å². The maximum atomic E-state index is 12.1. The summed E-state index contributed by atoms with van der Waals surface area (Å²) < 4.78 is 4.89. The number of methoxy groups -OCH3 is 1. The molecule has 2 aromatic rings. The topological polar surface area (TPSA) is 110 Å². The molecule has 0 aliphatic heterocycles. The number of hydrogen-bond acceptors (Lipinski definition) is 5. The molecule has 21 heavy (non-hydrogen) atoms. The van der Waals surface area contributed by atoms with Crippen molar-refractivity contribution in [1.82, 2.24) is 15.3 Å². The van der Waals surface area contributed by atoms with Crippen LogP contribution in [0.5, 0.6) is 5.75 Å². The molecule has 0 aliphatic carbocycles. The van der Waals surface area contributed by atoms with Gasteiger partial charge >= 0.3 is 5.69 Å². The number of H-pyrrole nitrogens is 1. The Morgan fingerprint density at radius 2 is 2.29 bits per heavy atom. The summed E-state index contributed by atoms with van der Waals surface area (Å²) in [4.78, 5) is 29.4. The summed E-state index contributed by atoms with van der Waals surface area (Å²) in [7, 11) is 1.33. The number of aromatic nitrogens is 2. The molecule has 1 atom stereocenters. The monoisotopic (exact) mass is 290 g/mol. The number of nitro groups is 1. The Hall–Kier alpha value is -2.90. The largest absolute Gasteiger partial charge is 0.490 e. The van der Waals surface area contributed by atoms with Crippen LogP contribution in [0.25, 0.3) is 0 Å². The van der Waals surface area contributed by atoms with E-state index in [9.17, 15) is 14.9 Å². The Balaban J connectivity index is 2.19. The van der Waals surface area contributed by atoms with Crippen LogP contribution >= 0.6 is 0 Å². The molecule has 0 aliphatic rings. The molecule has 0 fully saturated rings. The van der Waals surface area contributed by atoms with E-state index in [2.05, 4.69) is 15.3 Å². The summed E-state index contributed by atoms with van der Waals surface area (Å²) in [6, 6.07) is 3.71. The van der Waals surface area contributed by atoms with Gasteiger partial charge in [0.05, 0.1) is 18.1 Å². The molecule has 1 aromatic heterocycles. The number of rotatable bonds is 5. The van der Waals surface area contributed by atoms with E-state index in [4.69, 9.17) is 4.74 Å². The number of imidazole rings is 1. The highest BCUT2D eigenvalue weighted by Crippen LogP contribution is 2.27. The predicted octanol–water partition coefficient (Wildman–Crippen LogP) is 1.82. The molecule has 0 spiro atoms. The fourth-order valence-electron chi connectivity index (χ4n) is 1.84. The molecule has 2 N–H and O–H groups in total. The van der Waals surface area contributed by atoms with Crippen molar-refractivity contribution < 1.29 is 14.5 Å². The lowest BCUT2D eigenvalue weighted by molar-refractivity contribution is -0.385. The Morgan fingerprint density at radius 3 is 2.86 bits per heavy atom. The molecule has 110 valence electrons. The zero-order valence-corrected chi connectivity index (χ0v) is 11.5. The van der Waals surface area contributed by atoms with Crippen LogP contribution in [0.1, 0.15) is 29.1 Å². The second-order valence-electron chi connectivity index (χ2n) is 4.31. The van der Waals surface area contributed by atoms with Gasteiger partial charge in [0.15, 0.2) is 5.75 Å². The number of carbonyl (C=O) groups is 1. The molecule has 1 amide bonds. The van der Waals surface area contributed by atoms with Crippen LogP contribution in [0.2, 0.25) is 0 Å². The van der Waals surface area contributed by atoms with Gasteiger partial charge in [-0.25, -0.2) is 4.98 Å². The molecule has 1 heterocycles. The first kappa shape index (κ1) is 14.5. The number of aromatic amines is 1. The predicted molar refractivity (Wildman–Crippen MR) is 74.1 cm³/mol. The molecule has 0 saturated heterocycles. The van der Waals surface area contributed by atoms with E-state index in [1.54, 1.807) is 19.3 Å². The Labute approximate surface area is 120 Å². The van der Waals surface area contributed by atoms with E-state index < -0.39 is 10.8 Å². The van der Waals surface area contributed by atoms with Crippen molar-refractivity contribution in [3.05, 3.63) is 52.1 Å². The molecule has 0 saturated carbocycles. The van der Waals surface area contributed by atoms with Crippen molar-refractivity contribution in [3.8, 4) is 5.75 Å². The highest BCUT2D eigenvalue weighted by Gasteiger charge is 2.19. The van der Waals surface area contributed by atoms with Crippen molar-refractivity contribution >= 4 is 11.6 Å². The lowest BCUT2D eigenvalue weighted by Crippen LogP contribution is -2.27. The molecule has 8 heteroatoms. The van der Waals surface area contributed by atoms with Crippen LogP contribution in [0.15, 0.2) is 30.6 Å². The van der Waals surface area contributed by atoms with Crippen LogP contribution in [0.4, 0.5) is 5.69 Å². The number of ether oxygens (including phenoxy) is 1. The summed E-state index contributed by atoms with van der Waals surface area (Å²) in [5, 5.41) is 13.6. The zero-order valence-electron chi connectivity index (χ0n) is 11.5. The van der Waals surface area contributed by atoms with Gasteiger partial charge in [-0.1, -0.05) is 0 Å². The first-order valence-corrected chi connectivity index (χ1v) is 6.15. The smallest absolute Gasteiger partial charge is 0.311 e. The highest BCUT2D eigenvalue weighted by atomic mass is 16.6. The lowest BCUT2D eigenvalue weighted by Gasteiger charge is -2.11. The fourth-order valence-corrected chi connectivity index (χ4v) is 1.84. The first-order chi connectivity index (χ1) is 10.0. The number of benzene rings is 1. The second kappa shape index (κ2) is 6.04. The standard InChI is InChI=1S/C13H14N4O4/c1-8(12-14-5-6-15-12)16-13(18)9-3-4-11(21-2)10(7-9)17(19)20/h3-8H,1-2H3,(H,14,15)(H,16,18). The summed E-state index contributed by atoms with van der Waals surface area (Å²) in [5.41, 5.74) is -0.0725. The van der Waals surface area contributed by atoms with Crippen molar-refractivity contribution in [3.63, 3.8) is 0 Å². The number of hydrogen-bond donors (Lipinski definition) is 2. The van der Waals surface area contributed by atoms with Gasteiger partial charge in [-0.3, -0.25) is 14.9 Å². The number of nitro benzene ring substituents is 1. The van der Waals surface area contributed by atoms with E-state index in [1.165, 1.54) is 25.3 Å². The number of nitrogens with zero attached hydrogens (tertiary/aromatic N) is 2. The minimum absolute atomic E-state index is 0.107. The third kappa shape index (κ3) is 3.16. The number of nitrogens with one attached hydrogen (secondary N) is 2. The molecule has 0 radical (unpaired) electrons. The van der Waals surface area contributed by atoms with Crippen molar-refractivity contribution in [2.45, 2.75) is 13.0 Å². The zero-order chi connectivity index (χ0) is 15.4. The average molecular weight is 290 g/mol.